The number of carbonyl (C=O) groups is 1. The molecule has 0 fully saturated rings. The quantitative estimate of drug-likeness (QED) is 0.782. The zero-order chi connectivity index (χ0) is 12.4. The van der Waals surface area contributed by atoms with Crippen LogP contribution in [0.15, 0.2) is 6.20 Å². The van der Waals surface area contributed by atoms with Crippen LogP contribution in [0.1, 0.15) is 32.0 Å². The molecule has 6 heteroatoms. The Balaban J connectivity index is 2.25. The van der Waals surface area contributed by atoms with E-state index in [0.717, 1.165) is 12.1 Å². The molecule has 6 nitrogen and oxygen atoms in total. The van der Waals surface area contributed by atoms with Gasteiger partial charge in [0.1, 0.15) is 0 Å². The second-order valence-corrected chi connectivity index (χ2v) is 4.47. The van der Waals surface area contributed by atoms with Gasteiger partial charge in [0.2, 0.25) is 0 Å². The van der Waals surface area contributed by atoms with E-state index in [0.29, 0.717) is 19.0 Å². The molecule has 0 aliphatic carbocycles. The first-order valence-electron chi connectivity index (χ1n) is 5.89. The van der Waals surface area contributed by atoms with Crippen molar-refractivity contribution in [2.24, 2.45) is 5.92 Å². The number of carbonyl (C=O) groups excluding carboxylic acids is 1. The number of methoxy groups -OCH3 is 1. The molecule has 0 bridgehead atoms. The van der Waals surface area contributed by atoms with Crippen LogP contribution in [0.25, 0.3) is 0 Å². The highest BCUT2D eigenvalue weighted by Gasteiger charge is 2.32. The van der Waals surface area contributed by atoms with Gasteiger partial charge in [-0.2, -0.15) is 0 Å². The van der Waals surface area contributed by atoms with Crippen molar-refractivity contribution in [3.8, 4) is 0 Å². The monoisotopic (exact) mass is 238 g/mol. The van der Waals surface area contributed by atoms with Crippen molar-refractivity contribution in [3.05, 3.63) is 11.9 Å². The number of nitrogens with zero attached hydrogens (tertiary/aromatic N) is 4. The normalized spacial score (nSPS) is 20.9. The van der Waals surface area contributed by atoms with Gasteiger partial charge >= 0.3 is 6.09 Å². The van der Waals surface area contributed by atoms with E-state index in [1.807, 2.05) is 4.68 Å². The molecule has 0 spiro atoms. The molecule has 0 saturated carbocycles. The van der Waals surface area contributed by atoms with Crippen LogP contribution in [0.4, 0.5) is 4.79 Å². The number of rotatable bonds is 2. The summed E-state index contributed by atoms with van der Waals surface area (Å²) in [5.41, 5.74) is 0.965. The molecule has 2 atom stereocenters. The lowest BCUT2D eigenvalue weighted by Gasteiger charge is -2.35. The number of ether oxygens (including phenoxy) is 1. The minimum Gasteiger partial charge on any atom is -0.453 e. The van der Waals surface area contributed by atoms with Gasteiger partial charge < -0.3 is 9.64 Å². The largest absolute Gasteiger partial charge is 0.453 e. The highest BCUT2D eigenvalue weighted by Crippen LogP contribution is 2.27. The highest BCUT2D eigenvalue weighted by atomic mass is 16.5. The van der Waals surface area contributed by atoms with Crippen LogP contribution in [0, 0.1) is 5.92 Å². The third-order valence-electron chi connectivity index (χ3n) is 3.46. The smallest absolute Gasteiger partial charge is 0.409 e. The summed E-state index contributed by atoms with van der Waals surface area (Å²) in [5, 5.41) is 8.04. The zero-order valence-corrected chi connectivity index (χ0v) is 10.5. The Labute approximate surface area is 101 Å². The fraction of sp³-hybridized carbons (Fsp3) is 0.727. The lowest BCUT2D eigenvalue weighted by atomic mass is 9.97. The minimum absolute atomic E-state index is 0.186. The summed E-state index contributed by atoms with van der Waals surface area (Å²) in [5.74, 6) is 0.447. The topological polar surface area (TPSA) is 60.3 Å². The summed E-state index contributed by atoms with van der Waals surface area (Å²) in [6, 6.07) is 0.186. The summed E-state index contributed by atoms with van der Waals surface area (Å²) in [7, 11) is 1.41. The molecule has 17 heavy (non-hydrogen) atoms. The number of hydrogen-bond donors (Lipinski definition) is 0. The van der Waals surface area contributed by atoms with Gasteiger partial charge in [-0.25, -0.2) is 9.48 Å². The predicted octanol–water partition coefficient (Wildman–Crippen LogP) is 1.45. The lowest BCUT2D eigenvalue weighted by molar-refractivity contribution is 0.0912. The Morgan fingerprint density at radius 2 is 2.47 bits per heavy atom. The Morgan fingerprint density at radius 1 is 1.71 bits per heavy atom. The van der Waals surface area contributed by atoms with E-state index < -0.39 is 0 Å². The molecule has 1 aromatic heterocycles. The number of aromatic nitrogens is 3. The third-order valence-corrected chi connectivity index (χ3v) is 3.46. The van der Waals surface area contributed by atoms with Crippen molar-refractivity contribution in [1.29, 1.82) is 0 Å². The van der Waals surface area contributed by atoms with Crippen molar-refractivity contribution in [2.75, 3.05) is 13.7 Å². The molecule has 0 saturated heterocycles. The van der Waals surface area contributed by atoms with Crippen molar-refractivity contribution >= 4 is 6.09 Å². The number of amides is 1. The molecule has 1 aliphatic rings. The van der Waals surface area contributed by atoms with Gasteiger partial charge in [-0.15, -0.1) is 5.10 Å². The Bertz CT molecular complexity index is 404. The van der Waals surface area contributed by atoms with Crippen LogP contribution in [0.3, 0.4) is 0 Å². The maximum absolute atomic E-state index is 11.6. The predicted molar refractivity (Wildman–Crippen MR) is 61.3 cm³/mol. The molecular formula is C11H18N4O2. The minimum atomic E-state index is -0.286. The molecule has 1 amide bonds. The van der Waals surface area contributed by atoms with Gasteiger partial charge in [-0.05, 0) is 5.92 Å². The first kappa shape index (κ1) is 11.9. The summed E-state index contributed by atoms with van der Waals surface area (Å²) >= 11 is 0. The summed E-state index contributed by atoms with van der Waals surface area (Å²) in [4.78, 5) is 13.3. The van der Waals surface area contributed by atoms with E-state index in [9.17, 15) is 4.79 Å². The van der Waals surface area contributed by atoms with Crippen molar-refractivity contribution in [2.45, 2.75) is 32.9 Å². The molecule has 94 valence electrons. The van der Waals surface area contributed by atoms with Crippen molar-refractivity contribution in [3.63, 3.8) is 0 Å². The molecule has 0 radical (unpaired) electrons. The van der Waals surface area contributed by atoms with Gasteiger partial charge in [0, 0.05) is 6.54 Å². The Morgan fingerprint density at radius 3 is 3.12 bits per heavy atom. The van der Waals surface area contributed by atoms with E-state index in [1.54, 1.807) is 11.1 Å². The molecule has 2 rings (SSSR count). The van der Waals surface area contributed by atoms with Crippen LogP contribution >= 0.6 is 0 Å². The average molecular weight is 238 g/mol. The number of fused-ring (bicyclic) bond motifs is 1. The average Bonchev–Trinajstić information content (AvgIpc) is 2.83. The maximum Gasteiger partial charge on any atom is 0.409 e. The summed E-state index contributed by atoms with van der Waals surface area (Å²) in [6.07, 6.45) is 2.47. The van der Waals surface area contributed by atoms with E-state index in [1.165, 1.54) is 7.11 Å². The van der Waals surface area contributed by atoms with Crippen LogP contribution in [0.5, 0.6) is 0 Å². The fourth-order valence-electron chi connectivity index (χ4n) is 2.18. The van der Waals surface area contributed by atoms with Crippen LogP contribution in [-0.2, 0) is 11.3 Å². The standard InChI is InChI=1S/C11H18N4O2/c1-4-8(2)10-7-14(11(16)17-3)6-9-5-12-13-15(9)10/h5,8,10H,4,6-7H2,1-3H3/t8-,10-/m0/s1. The molecule has 0 N–H and O–H groups in total. The van der Waals surface area contributed by atoms with E-state index in [2.05, 4.69) is 24.2 Å². The van der Waals surface area contributed by atoms with Gasteiger partial charge in [-0.1, -0.05) is 25.5 Å². The first-order chi connectivity index (χ1) is 8.17. The van der Waals surface area contributed by atoms with E-state index in [4.69, 9.17) is 4.74 Å². The summed E-state index contributed by atoms with van der Waals surface area (Å²) < 4.78 is 6.72. The highest BCUT2D eigenvalue weighted by molar-refractivity contribution is 5.67. The molecule has 2 heterocycles. The second-order valence-electron chi connectivity index (χ2n) is 4.47. The van der Waals surface area contributed by atoms with E-state index >= 15 is 0 Å². The van der Waals surface area contributed by atoms with Crippen LogP contribution in [0.2, 0.25) is 0 Å². The van der Waals surface area contributed by atoms with Gasteiger partial charge in [0.05, 0.1) is 31.6 Å². The van der Waals surface area contributed by atoms with Crippen LogP contribution < -0.4 is 0 Å². The Kier molecular flexibility index (Phi) is 3.31. The van der Waals surface area contributed by atoms with Gasteiger partial charge in [0.25, 0.3) is 0 Å². The molecule has 1 aliphatic heterocycles. The maximum atomic E-state index is 11.6. The SMILES string of the molecule is CC[C@H](C)[C@@H]1CN(C(=O)OC)Cc2cnnn21. The number of hydrogen-bond acceptors (Lipinski definition) is 4. The third kappa shape index (κ3) is 2.11. The second kappa shape index (κ2) is 4.73. The van der Waals surface area contributed by atoms with Gasteiger partial charge in [-0.3, -0.25) is 0 Å². The lowest BCUT2D eigenvalue weighted by Crippen LogP contribution is -2.43. The Hall–Kier alpha value is -1.59. The molecule has 1 aromatic rings. The van der Waals surface area contributed by atoms with Gasteiger partial charge in [0.15, 0.2) is 0 Å². The van der Waals surface area contributed by atoms with Crippen molar-refractivity contribution in [1.82, 2.24) is 19.9 Å². The zero-order valence-electron chi connectivity index (χ0n) is 10.5. The molecule has 0 aromatic carbocycles. The first-order valence-corrected chi connectivity index (χ1v) is 5.89. The fourth-order valence-corrected chi connectivity index (χ4v) is 2.18. The molecular weight excluding hydrogens is 220 g/mol. The van der Waals surface area contributed by atoms with Crippen molar-refractivity contribution < 1.29 is 9.53 Å². The molecule has 0 unspecified atom stereocenters. The summed E-state index contributed by atoms with van der Waals surface area (Å²) in [6.45, 7) is 5.46. The van der Waals surface area contributed by atoms with E-state index in [-0.39, 0.29) is 12.1 Å². The van der Waals surface area contributed by atoms with Crippen LogP contribution in [-0.4, -0.2) is 39.6 Å².